The van der Waals surface area contributed by atoms with Crippen LogP contribution in [0.15, 0.2) is 0 Å². The lowest BCUT2D eigenvalue weighted by molar-refractivity contribution is -0.143. The molecule has 0 bridgehead atoms. The van der Waals surface area contributed by atoms with Gasteiger partial charge < -0.3 is 15.3 Å². The topological polar surface area (TPSA) is 69.6 Å². The summed E-state index contributed by atoms with van der Waals surface area (Å²) in [6, 6.07) is -0.793. The number of rotatable bonds is 10. The molecule has 0 rings (SSSR count). The minimum Gasteiger partial charge on any atom is -0.480 e. The van der Waals surface area contributed by atoms with Crippen molar-refractivity contribution in [3.05, 3.63) is 0 Å². The number of nitrogens with one attached hydrogen (secondary N) is 1. The number of amides is 1. The molecule has 19 heavy (non-hydrogen) atoms. The second kappa shape index (κ2) is 9.78. The third-order valence-corrected chi connectivity index (χ3v) is 2.98. The molecule has 5 heteroatoms. The first kappa shape index (κ1) is 17.9. The molecule has 5 nitrogen and oxygen atoms in total. The van der Waals surface area contributed by atoms with Crippen LogP contribution < -0.4 is 5.32 Å². The fourth-order valence-electron chi connectivity index (χ4n) is 1.99. The average molecular weight is 272 g/mol. The molecule has 1 unspecified atom stereocenters. The van der Waals surface area contributed by atoms with E-state index in [1.54, 1.807) is 13.8 Å². The molecule has 1 atom stereocenters. The van der Waals surface area contributed by atoms with Crippen molar-refractivity contribution >= 4 is 11.9 Å². The highest BCUT2D eigenvalue weighted by Crippen LogP contribution is 2.03. The smallest absolute Gasteiger partial charge is 0.326 e. The second-order valence-corrected chi connectivity index (χ2v) is 5.22. The number of aliphatic carboxylic acids is 1. The third-order valence-electron chi connectivity index (χ3n) is 2.98. The van der Waals surface area contributed by atoms with Gasteiger partial charge in [0.15, 0.2) is 0 Å². The quantitative estimate of drug-likeness (QED) is 0.635. The molecule has 0 fully saturated rings. The van der Waals surface area contributed by atoms with Gasteiger partial charge in [0.1, 0.15) is 6.04 Å². The van der Waals surface area contributed by atoms with E-state index >= 15 is 0 Å². The summed E-state index contributed by atoms with van der Waals surface area (Å²) < 4.78 is 0. The predicted molar refractivity (Wildman–Crippen MR) is 76.0 cm³/mol. The zero-order valence-electron chi connectivity index (χ0n) is 12.6. The van der Waals surface area contributed by atoms with Crippen LogP contribution in [0.1, 0.15) is 47.0 Å². The molecule has 0 heterocycles. The summed E-state index contributed by atoms with van der Waals surface area (Å²) in [5.74, 6) is -1.26. The van der Waals surface area contributed by atoms with Crippen LogP contribution in [-0.4, -0.2) is 47.6 Å². The number of carbonyl (C=O) groups excluding carboxylic acids is 1. The molecular formula is C14H28N2O3. The van der Waals surface area contributed by atoms with Crippen molar-refractivity contribution in [1.82, 2.24) is 10.2 Å². The third kappa shape index (κ3) is 7.82. The predicted octanol–water partition coefficient (Wildman–Crippen LogP) is 1.72. The summed E-state index contributed by atoms with van der Waals surface area (Å²) in [7, 11) is 0. The van der Waals surface area contributed by atoms with Crippen LogP contribution in [0.5, 0.6) is 0 Å². The molecule has 0 aliphatic carbocycles. The fourth-order valence-corrected chi connectivity index (χ4v) is 1.99. The molecule has 112 valence electrons. The molecule has 0 aliphatic heterocycles. The highest BCUT2D eigenvalue weighted by atomic mass is 16.4. The van der Waals surface area contributed by atoms with E-state index in [0.717, 1.165) is 25.9 Å². The van der Waals surface area contributed by atoms with E-state index in [1.165, 1.54) is 0 Å². The summed E-state index contributed by atoms with van der Waals surface area (Å²) in [5, 5.41) is 11.6. The number of carboxylic acids is 1. The molecular weight excluding hydrogens is 244 g/mol. The molecule has 0 saturated carbocycles. The van der Waals surface area contributed by atoms with E-state index in [-0.39, 0.29) is 11.8 Å². The zero-order chi connectivity index (χ0) is 14.8. The van der Waals surface area contributed by atoms with E-state index in [1.807, 2.05) is 0 Å². The highest BCUT2D eigenvalue weighted by molar-refractivity contribution is 5.83. The normalized spacial score (nSPS) is 12.7. The Bertz CT molecular complexity index is 274. The van der Waals surface area contributed by atoms with Gasteiger partial charge in [0.25, 0.3) is 0 Å². The first-order chi connectivity index (χ1) is 8.92. The van der Waals surface area contributed by atoms with Crippen molar-refractivity contribution in [2.45, 2.75) is 53.0 Å². The van der Waals surface area contributed by atoms with Crippen LogP contribution in [0, 0.1) is 5.92 Å². The second-order valence-electron chi connectivity index (χ2n) is 5.22. The van der Waals surface area contributed by atoms with Crippen LogP contribution in [0.25, 0.3) is 0 Å². The summed E-state index contributed by atoms with van der Waals surface area (Å²) in [5.41, 5.74) is 0. The van der Waals surface area contributed by atoms with Crippen molar-refractivity contribution in [3.8, 4) is 0 Å². The van der Waals surface area contributed by atoms with Crippen molar-refractivity contribution in [3.63, 3.8) is 0 Å². The molecule has 0 aromatic carbocycles. The zero-order valence-corrected chi connectivity index (χ0v) is 12.6. The Balaban J connectivity index is 4.18. The number of carbonyl (C=O) groups is 2. The van der Waals surface area contributed by atoms with E-state index < -0.39 is 12.0 Å². The fraction of sp³-hybridized carbons (Fsp3) is 0.857. The Morgan fingerprint density at radius 3 is 2.00 bits per heavy atom. The average Bonchev–Trinajstić information content (AvgIpc) is 2.32. The van der Waals surface area contributed by atoms with Crippen molar-refractivity contribution in [2.75, 3.05) is 19.6 Å². The first-order valence-electron chi connectivity index (χ1n) is 7.16. The lowest BCUT2D eigenvalue weighted by Gasteiger charge is -2.22. The van der Waals surface area contributed by atoms with Gasteiger partial charge in [-0.15, -0.1) is 0 Å². The molecule has 0 spiro atoms. The van der Waals surface area contributed by atoms with E-state index in [4.69, 9.17) is 5.11 Å². The summed E-state index contributed by atoms with van der Waals surface area (Å²) in [6.07, 6.45) is 2.48. The Morgan fingerprint density at radius 1 is 1.11 bits per heavy atom. The van der Waals surface area contributed by atoms with Gasteiger partial charge in [-0.1, -0.05) is 27.7 Å². The Kier molecular flexibility index (Phi) is 9.21. The highest BCUT2D eigenvalue weighted by Gasteiger charge is 2.23. The molecule has 1 amide bonds. The van der Waals surface area contributed by atoms with Crippen LogP contribution >= 0.6 is 0 Å². The van der Waals surface area contributed by atoms with E-state index in [9.17, 15) is 9.59 Å². The lowest BCUT2D eigenvalue weighted by atomic mass is 10.0. The number of hydrogen-bond acceptors (Lipinski definition) is 3. The molecule has 0 aliphatic rings. The summed E-state index contributed by atoms with van der Waals surface area (Å²) in [4.78, 5) is 25.0. The monoisotopic (exact) mass is 272 g/mol. The Hall–Kier alpha value is -1.10. The standard InChI is InChI=1S/C14H28N2O3/c1-5-8-16(9-6-2)10-7-12(17)15-13(11(3)4)14(18)19/h11,13H,5-10H2,1-4H3,(H,15,17)(H,18,19). The van der Waals surface area contributed by atoms with Gasteiger partial charge in [-0.2, -0.15) is 0 Å². The lowest BCUT2D eigenvalue weighted by Crippen LogP contribution is -2.45. The molecule has 2 N–H and O–H groups in total. The molecule has 0 saturated heterocycles. The molecule has 0 aromatic heterocycles. The van der Waals surface area contributed by atoms with Gasteiger partial charge in [0.05, 0.1) is 0 Å². The SMILES string of the molecule is CCCN(CCC)CCC(=O)NC(C(=O)O)C(C)C. The largest absolute Gasteiger partial charge is 0.480 e. The molecule has 0 aromatic rings. The van der Waals surface area contributed by atoms with Crippen molar-refractivity contribution in [1.29, 1.82) is 0 Å². The van der Waals surface area contributed by atoms with Crippen molar-refractivity contribution in [2.24, 2.45) is 5.92 Å². The van der Waals surface area contributed by atoms with E-state index in [0.29, 0.717) is 13.0 Å². The van der Waals surface area contributed by atoms with Crippen LogP contribution in [0.2, 0.25) is 0 Å². The first-order valence-corrected chi connectivity index (χ1v) is 7.16. The number of hydrogen-bond donors (Lipinski definition) is 2. The van der Waals surface area contributed by atoms with Crippen LogP contribution in [0.3, 0.4) is 0 Å². The van der Waals surface area contributed by atoms with Crippen LogP contribution in [-0.2, 0) is 9.59 Å². The van der Waals surface area contributed by atoms with Crippen LogP contribution in [0.4, 0.5) is 0 Å². The Morgan fingerprint density at radius 2 is 1.63 bits per heavy atom. The number of nitrogens with zero attached hydrogens (tertiary/aromatic N) is 1. The van der Waals surface area contributed by atoms with Crippen molar-refractivity contribution < 1.29 is 14.7 Å². The maximum Gasteiger partial charge on any atom is 0.326 e. The van der Waals surface area contributed by atoms with Gasteiger partial charge in [-0.25, -0.2) is 4.79 Å². The minimum absolute atomic E-state index is 0.108. The van der Waals surface area contributed by atoms with Gasteiger partial charge in [-0.05, 0) is 31.8 Å². The summed E-state index contributed by atoms with van der Waals surface area (Å²) >= 11 is 0. The summed E-state index contributed by atoms with van der Waals surface area (Å²) in [6.45, 7) is 10.5. The maximum atomic E-state index is 11.8. The Labute approximate surface area is 116 Å². The van der Waals surface area contributed by atoms with Gasteiger partial charge in [0.2, 0.25) is 5.91 Å². The van der Waals surface area contributed by atoms with E-state index in [2.05, 4.69) is 24.1 Å². The minimum atomic E-state index is -0.970. The molecule has 0 radical (unpaired) electrons. The maximum absolute atomic E-state index is 11.8. The van der Waals surface area contributed by atoms with Gasteiger partial charge in [-0.3, -0.25) is 4.79 Å². The van der Waals surface area contributed by atoms with Gasteiger partial charge in [0, 0.05) is 13.0 Å². The van der Waals surface area contributed by atoms with Gasteiger partial charge >= 0.3 is 5.97 Å². The number of carboxylic acid groups (broad SMARTS) is 1.